The Bertz CT molecular complexity index is 278. The van der Waals surface area contributed by atoms with Gasteiger partial charge in [-0.3, -0.25) is 0 Å². The number of sulfonamides is 1. The van der Waals surface area contributed by atoms with Crippen LogP contribution < -0.4 is 5.32 Å². The zero-order valence-corrected chi connectivity index (χ0v) is 12.4. The molecule has 0 aliphatic carbocycles. The van der Waals surface area contributed by atoms with Crippen LogP contribution in [0.4, 0.5) is 0 Å². The van der Waals surface area contributed by atoms with E-state index in [0.29, 0.717) is 19.5 Å². The molecule has 0 aromatic carbocycles. The molecule has 6 heteroatoms. The highest BCUT2D eigenvalue weighted by atomic mass is 32.2. The molecule has 0 amide bonds. The average Bonchev–Trinajstić information content (AvgIpc) is 2.24. The maximum absolute atomic E-state index is 12.0. The number of rotatable bonds is 10. The summed E-state index contributed by atoms with van der Waals surface area (Å²) in [6.45, 7) is 4.74. The van der Waals surface area contributed by atoms with E-state index >= 15 is 0 Å². The van der Waals surface area contributed by atoms with Crippen LogP contribution in [0.2, 0.25) is 0 Å². The van der Waals surface area contributed by atoms with Gasteiger partial charge in [-0.2, -0.15) is 0 Å². The highest BCUT2D eigenvalue weighted by molar-refractivity contribution is 7.89. The van der Waals surface area contributed by atoms with Crippen LogP contribution in [-0.2, 0) is 10.0 Å². The first-order valence-electron chi connectivity index (χ1n) is 6.21. The zero-order chi connectivity index (χ0) is 13.3. The van der Waals surface area contributed by atoms with Crippen molar-refractivity contribution in [2.75, 3.05) is 53.1 Å². The van der Waals surface area contributed by atoms with Gasteiger partial charge in [0.25, 0.3) is 0 Å². The third-order valence-electron chi connectivity index (χ3n) is 2.59. The van der Waals surface area contributed by atoms with E-state index in [1.54, 1.807) is 4.31 Å². The lowest BCUT2D eigenvalue weighted by molar-refractivity contribution is 0.356. The van der Waals surface area contributed by atoms with Crippen molar-refractivity contribution in [3.05, 3.63) is 0 Å². The van der Waals surface area contributed by atoms with E-state index in [0.717, 1.165) is 19.5 Å². The summed E-state index contributed by atoms with van der Waals surface area (Å²) in [5.41, 5.74) is 0. The Kier molecular flexibility index (Phi) is 8.77. The van der Waals surface area contributed by atoms with Crippen molar-refractivity contribution >= 4 is 10.0 Å². The molecule has 0 unspecified atom stereocenters. The molecular weight excluding hydrogens is 238 g/mol. The molecule has 17 heavy (non-hydrogen) atoms. The molecule has 0 fully saturated rings. The van der Waals surface area contributed by atoms with Gasteiger partial charge in [-0.05, 0) is 47.1 Å². The van der Waals surface area contributed by atoms with Crippen molar-refractivity contribution in [3.8, 4) is 0 Å². The minimum Gasteiger partial charge on any atom is -0.320 e. The van der Waals surface area contributed by atoms with Crippen LogP contribution in [0, 0.1) is 0 Å². The first-order valence-corrected chi connectivity index (χ1v) is 7.82. The van der Waals surface area contributed by atoms with Gasteiger partial charge in [0.2, 0.25) is 10.0 Å². The molecule has 0 atom stereocenters. The standard InChI is InChI=1S/C11H27N3O2S/c1-5-14(10-7-9-13(3)4)17(15,16)11-6-8-12-2/h12H,5-11H2,1-4H3. The molecule has 0 saturated carbocycles. The molecule has 0 rings (SSSR count). The van der Waals surface area contributed by atoms with E-state index in [2.05, 4.69) is 10.2 Å². The quantitative estimate of drug-likeness (QED) is 0.573. The highest BCUT2D eigenvalue weighted by Gasteiger charge is 2.19. The van der Waals surface area contributed by atoms with E-state index in [-0.39, 0.29) is 5.75 Å². The van der Waals surface area contributed by atoms with Gasteiger partial charge in [0, 0.05) is 13.1 Å². The molecule has 0 aliphatic heterocycles. The van der Waals surface area contributed by atoms with Crippen molar-refractivity contribution in [2.45, 2.75) is 19.8 Å². The van der Waals surface area contributed by atoms with Crippen LogP contribution in [0.5, 0.6) is 0 Å². The second kappa shape index (κ2) is 8.85. The third kappa shape index (κ3) is 7.70. The molecular formula is C11H27N3O2S. The first-order chi connectivity index (χ1) is 7.94. The molecule has 1 N–H and O–H groups in total. The molecule has 0 bridgehead atoms. The molecule has 0 aliphatic rings. The zero-order valence-electron chi connectivity index (χ0n) is 11.6. The predicted octanol–water partition coefficient (Wildman–Crippen LogP) is 0.199. The lowest BCUT2D eigenvalue weighted by Gasteiger charge is -2.21. The van der Waals surface area contributed by atoms with E-state index in [1.807, 2.05) is 28.1 Å². The van der Waals surface area contributed by atoms with Crippen molar-refractivity contribution in [1.82, 2.24) is 14.5 Å². The fourth-order valence-electron chi connectivity index (χ4n) is 1.62. The SMILES string of the molecule is CCN(CCCN(C)C)S(=O)(=O)CCCNC. The van der Waals surface area contributed by atoms with Crippen molar-refractivity contribution in [1.29, 1.82) is 0 Å². The van der Waals surface area contributed by atoms with Crippen LogP contribution in [-0.4, -0.2) is 70.7 Å². The smallest absolute Gasteiger partial charge is 0.214 e. The molecule has 0 heterocycles. The van der Waals surface area contributed by atoms with Gasteiger partial charge < -0.3 is 10.2 Å². The Morgan fingerprint density at radius 3 is 2.24 bits per heavy atom. The molecule has 0 aromatic rings. The highest BCUT2D eigenvalue weighted by Crippen LogP contribution is 2.04. The van der Waals surface area contributed by atoms with E-state index in [9.17, 15) is 8.42 Å². The second-order valence-corrected chi connectivity index (χ2v) is 6.51. The normalized spacial score (nSPS) is 12.6. The van der Waals surface area contributed by atoms with Crippen molar-refractivity contribution < 1.29 is 8.42 Å². The fraction of sp³-hybridized carbons (Fsp3) is 1.00. The van der Waals surface area contributed by atoms with E-state index in [4.69, 9.17) is 0 Å². The van der Waals surface area contributed by atoms with Crippen LogP contribution in [0.3, 0.4) is 0 Å². The van der Waals surface area contributed by atoms with Crippen LogP contribution in [0.1, 0.15) is 19.8 Å². The molecule has 0 aromatic heterocycles. The van der Waals surface area contributed by atoms with Gasteiger partial charge in [0.1, 0.15) is 0 Å². The lowest BCUT2D eigenvalue weighted by atomic mass is 10.4. The van der Waals surface area contributed by atoms with Gasteiger partial charge in [-0.25, -0.2) is 12.7 Å². The Hall–Kier alpha value is -0.170. The van der Waals surface area contributed by atoms with Crippen LogP contribution in [0.15, 0.2) is 0 Å². The summed E-state index contributed by atoms with van der Waals surface area (Å²) in [5, 5.41) is 2.97. The Morgan fingerprint density at radius 1 is 1.12 bits per heavy atom. The summed E-state index contributed by atoms with van der Waals surface area (Å²) in [4.78, 5) is 2.07. The first kappa shape index (κ1) is 16.8. The van der Waals surface area contributed by atoms with Gasteiger partial charge in [0.05, 0.1) is 5.75 Å². The summed E-state index contributed by atoms with van der Waals surface area (Å²) < 4.78 is 25.6. The third-order valence-corrected chi connectivity index (χ3v) is 4.62. The Labute approximate surface area is 106 Å². The molecule has 0 spiro atoms. The number of nitrogens with zero attached hydrogens (tertiary/aromatic N) is 2. The maximum atomic E-state index is 12.0. The Morgan fingerprint density at radius 2 is 1.76 bits per heavy atom. The van der Waals surface area contributed by atoms with Gasteiger partial charge in [-0.15, -0.1) is 0 Å². The molecule has 0 saturated heterocycles. The van der Waals surface area contributed by atoms with E-state index in [1.165, 1.54) is 0 Å². The molecule has 104 valence electrons. The summed E-state index contributed by atoms with van der Waals surface area (Å²) in [6, 6.07) is 0. The van der Waals surface area contributed by atoms with Crippen molar-refractivity contribution in [3.63, 3.8) is 0 Å². The summed E-state index contributed by atoms with van der Waals surface area (Å²) in [6.07, 6.45) is 1.55. The fourth-order valence-corrected chi connectivity index (χ4v) is 3.19. The lowest BCUT2D eigenvalue weighted by Crippen LogP contribution is -2.35. The van der Waals surface area contributed by atoms with Crippen LogP contribution in [0.25, 0.3) is 0 Å². The van der Waals surface area contributed by atoms with E-state index < -0.39 is 10.0 Å². The monoisotopic (exact) mass is 265 g/mol. The van der Waals surface area contributed by atoms with Gasteiger partial charge in [-0.1, -0.05) is 6.92 Å². The van der Waals surface area contributed by atoms with Crippen molar-refractivity contribution in [2.24, 2.45) is 0 Å². The van der Waals surface area contributed by atoms with Gasteiger partial charge >= 0.3 is 0 Å². The average molecular weight is 265 g/mol. The number of nitrogens with one attached hydrogen (secondary N) is 1. The largest absolute Gasteiger partial charge is 0.320 e. The molecule has 5 nitrogen and oxygen atoms in total. The predicted molar refractivity (Wildman–Crippen MR) is 72.7 cm³/mol. The number of hydrogen-bond acceptors (Lipinski definition) is 4. The molecule has 0 radical (unpaired) electrons. The Balaban J connectivity index is 4.13. The summed E-state index contributed by atoms with van der Waals surface area (Å²) in [5.74, 6) is 0.240. The van der Waals surface area contributed by atoms with Gasteiger partial charge in [0.15, 0.2) is 0 Å². The second-order valence-electron chi connectivity index (χ2n) is 4.42. The minimum atomic E-state index is -3.07. The summed E-state index contributed by atoms with van der Waals surface area (Å²) >= 11 is 0. The minimum absolute atomic E-state index is 0.240. The summed E-state index contributed by atoms with van der Waals surface area (Å²) in [7, 11) is 2.76. The van der Waals surface area contributed by atoms with Crippen LogP contribution >= 0.6 is 0 Å². The topological polar surface area (TPSA) is 52.7 Å². The number of hydrogen-bond donors (Lipinski definition) is 1. The maximum Gasteiger partial charge on any atom is 0.214 e.